The third-order valence-corrected chi connectivity index (χ3v) is 3.66. The monoisotopic (exact) mass is 257 g/mol. The van der Waals surface area contributed by atoms with E-state index in [1.807, 2.05) is 0 Å². The minimum Gasteiger partial charge on any atom is -0.365 e. The zero-order valence-electron chi connectivity index (χ0n) is 9.92. The van der Waals surface area contributed by atoms with Gasteiger partial charge in [-0.1, -0.05) is 13.3 Å². The van der Waals surface area contributed by atoms with Crippen molar-refractivity contribution in [2.75, 3.05) is 5.32 Å². The van der Waals surface area contributed by atoms with Crippen molar-refractivity contribution in [1.29, 1.82) is 0 Å². The van der Waals surface area contributed by atoms with Crippen LogP contribution in [0.15, 0.2) is 6.20 Å². The third kappa shape index (κ3) is 3.28. The van der Waals surface area contributed by atoms with E-state index in [1.54, 1.807) is 0 Å². The van der Waals surface area contributed by atoms with Crippen LogP contribution < -0.4 is 5.32 Å². The maximum atomic E-state index is 13.4. The fraction of sp³-hybridized carbons (Fsp3) is 0.667. The van der Waals surface area contributed by atoms with E-state index >= 15 is 0 Å². The number of aromatic nitrogens is 2. The van der Waals surface area contributed by atoms with Gasteiger partial charge in [-0.05, 0) is 43.2 Å². The number of hydrogen-bond acceptors (Lipinski definition) is 3. The Labute approximate surface area is 106 Å². The molecule has 1 aromatic heterocycles. The summed E-state index contributed by atoms with van der Waals surface area (Å²) in [5, 5.41) is 3.20. The highest BCUT2D eigenvalue weighted by atomic mass is 35.5. The van der Waals surface area contributed by atoms with Gasteiger partial charge in [-0.15, -0.1) is 0 Å². The molecule has 0 spiro atoms. The van der Waals surface area contributed by atoms with Gasteiger partial charge in [0.25, 0.3) is 0 Å². The van der Waals surface area contributed by atoms with Gasteiger partial charge in [0, 0.05) is 6.04 Å². The van der Waals surface area contributed by atoms with Crippen LogP contribution in [-0.2, 0) is 0 Å². The first-order valence-corrected chi connectivity index (χ1v) is 6.51. The van der Waals surface area contributed by atoms with Gasteiger partial charge in [-0.25, -0.2) is 9.37 Å². The predicted molar refractivity (Wildman–Crippen MR) is 66.7 cm³/mol. The molecular formula is C12H17ClFN3. The molecule has 5 heteroatoms. The summed E-state index contributed by atoms with van der Waals surface area (Å²) in [5.41, 5.74) is 0. The molecule has 1 N–H and O–H groups in total. The van der Waals surface area contributed by atoms with Crippen LogP contribution in [0.3, 0.4) is 0 Å². The molecule has 1 aromatic rings. The molecule has 1 fully saturated rings. The molecule has 0 saturated heterocycles. The van der Waals surface area contributed by atoms with Crippen LogP contribution in [0.4, 0.5) is 10.2 Å². The van der Waals surface area contributed by atoms with Crippen LogP contribution in [-0.4, -0.2) is 16.0 Å². The van der Waals surface area contributed by atoms with Crippen LogP contribution >= 0.6 is 11.6 Å². The van der Waals surface area contributed by atoms with Crippen LogP contribution in [0, 0.1) is 11.7 Å². The maximum absolute atomic E-state index is 13.4. The molecule has 0 atom stereocenters. The molecule has 0 bridgehead atoms. The van der Waals surface area contributed by atoms with Gasteiger partial charge in [0.1, 0.15) is 0 Å². The quantitative estimate of drug-likeness (QED) is 0.840. The smallest absolute Gasteiger partial charge is 0.224 e. The number of anilines is 1. The van der Waals surface area contributed by atoms with E-state index in [9.17, 15) is 4.39 Å². The van der Waals surface area contributed by atoms with Gasteiger partial charge in [-0.2, -0.15) is 4.98 Å². The lowest BCUT2D eigenvalue weighted by molar-refractivity contribution is 0.329. The number of hydrogen-bond donors (Lipinski definition) is 1. The highest BCUT2D eigenvalue weighted by Crippen LogP contribution is 2.28. The van der Waals surface area contributed by atoms with Crippen molar-refractivity contribution in [3.63, 3.8) is 0 Å². The Balaban J connectivity index is 1.95. The molecule has 1 heterocycles. The zero-order chi connectivity index (χ0) is 12.3. The summed E-state index contributed by atoms with van der Waals surface area (Å²) >= 11 is 5.65. The van der Waals surface area contributed by atoms with Gasteiger partial charge in [0.15, 0.2) is 11.6 Å². The van der Waals surface area contributed by atoms with Crippen molar-refractivity contribution in [2.24, 2.45) is 5.92 Å². The van der Waals surface area contributed by atoms with Crippen molar-refractivity contribution in [3.05, 3.63) is 17.3 Å². The average Bonchev–Trinajstić information content (AvgIpc) is 2.35. The van der Waals surface area contributed by atoms with Crippen molar-refractivity contribution < 1.29 is 4.39 Å². The maximum Gasteiger partial charge on any atom is 0.224 e. The fourth-order valence-corrected chi connectivity index (χ4v) is 2.49. The third-order valence-electron chi connectivity index (χ3n) is 3.48. The van der Waals surface area contributed by atoms with E-state index in [1.165, 1.54) is 19.3 Å². The first-order chi connectivity index (χ1) is 8.19. The Hall–Kier alpha value is -0.900. The number of rotatable bonds is 3. The Morgan fingerprint density at radius 3 is 2.76 bits per heavy atom. The van der Waals surface area contributed by atoms with E-state index < -0.39 is 5.82 Å². The summed E-state index contributed by atoms with van der Waals surface area (Å²) in [6.07, 6.45) is 6.89. The van der Waals surface area contributed by atoms with Crippen LogP contribution in [0.2, 0.25) is 5.28 Å². The highest BCUT2D eigenvalue weighted by molar-refractivity contribution is 6.28. The minimum absolute atomic E-state index is 0.0798. The van der Waals surface area contributed by atoms with E-state index in [0.717, 1.165) is 25.0 Å². The van der Waals surface area contributed by atoms with Crippen LogP contribution in [0.25, 0.3) is 0 Å². The van der Waals surface area contributed by atoms with E-state index in [-0.39, 0.29) is 11.1 Å². The second kappa shape index (κ2) is 5.63. The van der Waals surface area contributed by atoms with Crippen molar-refractivity contribution >= 4 is 17.4 Å². The summed E-state index contributed by atoms with van der Waals surface area (Å²) in [5.74, 6) is 0.615. The number of nitrogens with one attached hydrogen (secondary N) is 1. The predicted octanol–water partition coefficient (Wildman–Crippen LogP) is 3.65. The van der Waals surface area contributed by atoms with Gasteiger partial charge >= 0.3 is 0 Å². The summed E-state index contributed by atoms with van der Waals surface area (Å²) in [7, 11) is 0. The molecule has 3 nitrogen and oxygen atoms in total. The molecule has 0 amide bonds. The van der Waals surface area contributed by atoms with E-state index in [2.05, 4.69) is 22.2 Å². The lowest BCUT2D eigenvalue weighted by atomic mass is 9.84. The first-order valence-electron chi connectivity index (χ1n) is 6.13. The Kier molecular flexibility index (Phi) is 4.15. The molecule has 2 rings (SSSR count). The Morgan fingerprint density at radius 2 is 2.12 bits per heavy atom. The summed E-state index contributed by atoms with van der Waals surface area (Å²) in [4.78, 5) is 7.47. The molecule has 0 unspecified atom stereocenters. The Bertz CT molecular complexity index is 378. The van der Waals surface area contributed by atoms with Gasteiger partial charge < -0.3 is 5.32 Å². The lowest BCUT2D eigenvalue weighted by Gasteiger charge is -2.28. The van der Waals surface area contributed by atoms with Gasteiger partial charge in [0.05, 0.1) is 6.20 Å². The zero-order valence-corrected chi connectivity index (χ0v) is 10.7. The van der Waals surface area contributed by atoms with Gasteiger partial charge in [-0.3, -0.25) is 0 Å². The highest BCUT2D eigenvalue weighted by Gasteiger charge is 2.21. The molecule has 0 aliphatic heterocycles. The Morgan fingerprint density at radius 1 is 1.41 bits per heavy atom. The normalized spacial score (nSPS) is 24.6. The molecule has 17 heavy (non-hydrogen) atoms. The largest absolute Gasteiger partial charge is 0.365 e. The first kappa shape index (κ1) is 12.6. The van der Waals surface area contributed by atoms with Gasteiger partial charge in [0.2, 0.25) is 5.28 Å². The lowest BCUT2D eigenvalue weighted by Crippen LogP contribution is -2.26. The van der Waals surface area contributed by atoms with Crippen LogP contribution in [0.1, 0.15) is 39.0 Å². The standard InChI is InChI=1S/C12H17ClFN3/c1-2-8-3-5-9(6-4-8)16-11-10(14)7-15-12(13)17-11/h7-9H,2-6H2,1H3,(H,15,16,17). The van der Waals surface area contributed by atoms with Crippen molar-refractivity contribution in [2.45, 2.75) is 45.1 Å². The second-order valence-electron chi connectivity index (χ2n) is 4.61. The molecule has 0 radical (unpaired) electrons. The molecule has 0 aromatic carbocycles. The van der Waals surface area contributed by atoms with Crippen molar-refractivity contribution in [1.82, 2.24) is 9.97 Å². The molecular weight excluding hydrogens is 241 g/mol. The minimum atomic E-state index is -0.438. The molecule has 1 saturated carbocycles. The number of halogens is 2. The fourth-order valence-electron chi connectivity index (χ4n) is 2.36. The van der Waals surface area contributed by atoms with E-state index in [4.69, 9.17) is 11.6 Å². The van der Waals surface area contributed by atoms with Crippen molar-refractivity contribution in [3.8, 4) is 0 Å². The number of nitrogens with zero attached hydrogens (tertiary/aromatic N) is 2. The summed E-state index contributed by atoms with van der Waals surface area (Å²) in [6.45, 7) is 2.22. The topological polar surface area (TPSA) is 37.8 Å². The second-order valence-corrected chi connectivity index (χ2v) is 4.94. The molecule has 1 aliphatic rings. The summed E-state index contributed by atoms with van der Waals surface area (Å²) < 4.78 is 13.4. The molecule has 1 aliphatic carbocycles. The van der Waals surface area contributed by atoms with E-state index in [0.29, 0.717) is 6.04 Å². The molecule has 94 valence electrons. The average molecular weight is 258 g/mol. The summed E-state index contributed by atoms with van der Waals surface area (Å²) in [6, 6.07) is 0.304. The van der Waals surface area contributed by atoms with Crippen LogP contribution in [0.5, 0.6) is 0 Å². The SMILES string of the molecule is CCC1CCC(Nc2nc(Cl)ncc2F)CC1.